The number of ether oxygens (including phenoxy) is 1. The number of benzene rings is 2. The SMILES string of the molecule is CC(C)C[C@H](NC(=O)C(Cc1ccc(F)cc1)NC(=O)OCc1ccccc1)C(=O)N[C@H](C=O)C[C@@H]1CCCNC1=O. The average molecular weight is 583 g/mol. The maximum absolute atomic E-state index is 13.5. The second-order valence-corrected chi connectivity index (χ2v) is 10.9. The summed E-state index contributed by atoms with van der Waals surface area (Å²) in [4.78, 5) is 63.3. The van der Waals surface area contributed by atoms with E-state index in [-0.39, 0.29) is 37.7 Å². The highest BCUT2D eigenvalue weighted by molar-refractivity contribution is 5.92. The number of halogens is 1. The zero-order chi connectivity index (χ0) is 30.5. The summed E-state index contributed by atoms with van der Waals surface area (Å²) in [7, 11) is 0. The highest BCUT2D eigenvalue weighted by atomic mass is 19.1. The Morgan fingerprint density at radius 3 is 2.31 bits per heavy atom. The predicted molar refractivity (Wildman–Crippen MR) is 153 cm³/mol. The quantitative estimate of drug-likeness (QED) is 0.252. The molecule has 4 N–H and O–H groups in total. The molecule has 11 heteroatoms. The maximum atomic E-state index is 13.5. The fraction of sp³-hybridized carbons (Fsp3) is 0.452. The molecular weight excluding hydrogens is 543 g/mol. The number of carbonyl (C=O) groups is 5. The summed E-state index contributed by atoms with van der Waals surface area (Å²) in [6, 6.07) is 11.5. The van der Waals surface area contributed by atoms with E-state index < -0.39 is 47.8 Å². The van der Waals surface area contributed by atoms with Gasteiger partial charge in [0.15, 0.2) is 0 Å². The standard InChI is InChI=1S/C31H39FN4O6/c1-20(2)15-26(29(39)34-25(18-37)17-23-9-6-14-33-28(23)38)35-30(40)27(16-21-10-12-24(32)13-11-21)36-31(41)42-19-22-7-4-3-5-8-22/h3-5,7-8,10-13,18,20,23,25-27H,6,9,14-17,19H2,1-2H3,(H,33,38)(H,34,39)(H,35,40)(H,36,41)/t23-,25-,26-,27?/m0/s1. The van der Waals surface area contributed by atoms with Gasteiger partial charge in [0.2, 0.25) is 17.7 Å². The molecule has 2 aromatic rings. The molecule has 3 rings (SSSR count). The van der Waals surface area contributed by atoms with Crippen molar-refractivity contribution < 1.29 is 33.1 Å². The van der Waals surface area contributed by atoms with Crippen LogP contribution >= 0.6 is 0 Å². The van der Waals surface area contributed by atoms with E-state index in [1.807, 2.05) is 19.9 Å². The van der Waals surface area contributed by atoms with Gasteiger partial charge in [-0.05, 0) is 54.9 Å². The number of hydrogen-bond acceptors (Lipinski definition) is 6. The maximum Gasteiger partial charge on any atom is 0.408 e. The van der Waals surface area contributed by atoms with Crippen LogP contribution < -0.4 is 21.3 Å². The molecule has 0 aliphatic carbocycles. The van der Waals surface area contributed by atoms with E-state index in [0.29, 0.717) is 24.8 Å². The molecule has 1 aliphatic heterocycles. The van der Waals surface area contributed by atoms with Gasteiger partial charge in [-0.3, -0.25) is 14.4 Å². The normalized spacial score (nSPS) is 16.9. The van der Waals surface area contributed by atoms with Crippen LogP contribution in [0.5, 0.6) is 0 Å². The first kappa shape index (κ1) is 32.2. The number of alkyl carbamates (subject to hydrolysis) is 1. The number of amides is 4. The average Bonchev–Trinajstić information content (AvgIpc) is 2.97. The van der Waals surface area contributed by atoms with Crippen LogP contribution in [0.25, 0.3) is 0 Å². The first-order valence-corrected chi connectivity index (χ1v) is 14.2. The highest BCUT2D eigenvalue weighted by Crippen LogP contribution is 2.17. The van der Waals surface area contributed by atoms with E-state index in [1.54, 1.807) is 24.3 Å². The van der Waals surface area contributed by atoms with E-state index in [2.05, 4.69) is 21.3 Å². The van der Waals surface area contributed by atoms with Crippen LogP contribution in [0.2, 0.25) is 0 Å². The third-order valence-corrected chi connectivity index (χ3v) is 6.94. The molecule has 1 fully saturated rings. The van der Waals surface area contributed by atoms with Crippen molar-refractivity contribution in [1.82, 2.24) is 21.3 Å². The molecule has 4 amide bonds. The molecular formula is C31H39FN4O6. The van der Waals surface area contributed by atoms with Crippen LogP contribution in [0.4, 0.5) is 9.18 Å². The fourth-order valence-electron chi connectivity index (χ4n) is 4.75. The Bertz CT molecular complexity index is 1210. The van der Waals surface area contributed by atoms with Crippen molar-refractivity contribution in [2.75, 3.05) is 6.54 Å². The number of rotatable bonds is 14. The lowest BCUT2D eigenvalue weighted by Crippen LogP contribution is -2.56. The minimum Gasteiger partial charge on any atom is -0.445 e. The first-order valence-electron chi connectivity index (χ1n) is 14.2. The number of aldehydes is 1. The summed E-state index contributed by atoms with van der Waals surface area (Å²) in [5.74, 6) is -2.20. The van der Waals surface area contributed by atoms with Crippen LogP contribution in [0.15, 0.2) is 54.6 Å². The second kappa shape index (κ2) is 16.2. The van der Waals surface area contributed by atoms with Gasteiger partial charge in [0.1, 0.15) is 30.8 Å². The summed E-state index contributed by atoms with van der Waals surface area (Å²) in [6.07, 6.45) is 1.59. The molecule has 226 valence electrons. The van der Waals surface area contributed by atoms with E-state index in [9.17, 15) is 28.4 Å². The number of nitrogens with one attached hydrogen (secondary N) is 4. The zero-order valence-electron chi connectivity index (χ0n) is 23.9. The summed E-state index contributed by atoms with van der Waals surface area (Å²) in [5.41, 5.74) is 1.34. The molecule has 0 spiro atoms. The topological polar surface area (TPSA) is 143 Å². The van der Waals surface area contributed by atoms with Crippen LogP contribution in [-0.2, 0) is 36.9 Å². The Balaban J connectivity index is 1.70. The second-order valence-electron chi connectivity index (χ2n) is 10.9. The smallest absolute Gasteiger partial charge is 0.408 e. The lowest BCUT2D eigenvalue weighted by atomic mass is 9.91. The van der Waals surface area contributed by atoms with Crippen molar-refractivity contribution in [3.05, 3.63) is 71.5 Å². The van der Waals surface area contributed by atoms with Gasteiger partial charge >= 0.3 is 6.09 Å². The van der Waals surface area contributed by atoms with Crippen molar-refractivity contribution in [2.24, 2.45) is 11.8 Å². The van der Waals surface area contributed by atoms with Gasteiger partial charge in [-0.2, -0.15) is 0 Å². The fourth-order valence-corrected chi connectivity index (χ4v) is 4.75. The number of carbonyl (C=O) groups excluding carboxylic acids is 5. The molecule has 1 unspecified atom stereocenters. The van der Waals surface area contributed by atoms with Crippen LogP contribution in [-0.4, -0.2) is 54.8 Å². The molecule has 10 nitrogen and oxygen atoms in total. The summed E-state index contributed by atoms with van der Waals surface area (Å²) in [6.45, 7) is 4.33. The van der Waals surface area contributed by atoms with Gasteiger partial charge < -0.3 is 30.8 Å². The molecule has 1 aliphatic rings. The lowest BCUT2D eigenvalue weighted by molar-refractivity contribution is -0.132. The van der Waals surface area contributed by atoms with E-state index in [1.165, 1.54) is 24.3 Å². The summed E-state index contributed by atoms with van der Waals surface area (Å²) >= 11 is 0. The monoisotopic (exact) mass is 582 g/mol. The molecule has 4 atom stereocenters. The minimum absolute atomic E-state index is 0.000742. The minimum atomic E-state index is -1.14. The number of hydrogen-bond donors (Lipinski definition) is 4. The van der Waals surface area contributed by atoms with Crippen LogP contribution in [0.3, 0.4) is 0 Å². The largest absolute Gasteiger partial charge is 0.445 e. The van der Waals surface area contributed by atoms with Crippen molar-refractivity contribution in [3.8, 4) is 0 Å². The molecule has 42 heavy (non-hydrogen) atoms. The van der Waals surface area contributed by atoms with Gasteiger partial charge in [0.25, 0.3) is 0 Å². The molecule has 1 heterocycles. The zero-order valence-corrected chi connectivity index (χ0v) is 23.9. The van der Waals surface area contributed by atoms with E-state index in [4.69, 9.17) is 4.74 Å². The molecule has 0 saturated carbocycles. The van der Waals surface area contributed by atoms with Gasteiger partial charge in [0, 0.05) is 18.9 Å². The van der Waals surface area contributed by atoms with Crippen LogP contribution in [0, 0.1) is 17.7 Å². The van der Waals surface area contributed by atoms with Crippen LogP contribution in [0.1, 0.15) is 50.7 Å². The summed E-state index contributed by atoms with van der Waals surface area (Å²) in [5, 5.41) is 10.7. The van der Waals surface area contributed by atoms with E-state index in [0.717, 1.165) is 12.0 Å². The summed E-state index contributed by atoms with van der Waals surface area (Å²) < 4.78 is 18.8. The molecule has 1 saturated heterocycles. The number of piperidine rings is 1. The van der Waals surface area contributed by atoms with Gasteiger partial charge in [-0.1, -0.05) is 56.3 Å². The molecule has 0 radical (unpaired) electrons. The Hall–Kier alpha value is -4.28. The van der Waals surface area contributed by atoms with Gasteiger partial charge in [0.05, 0.1) is 6.04 Å². The van der Waals surface area contributed by atoms with Crippen molar-refractivity contribution >= 4 is 30.1 Å². The van der Waals surface area contributed by atoms with Gasteiger partial charge in [-0.15, -0.1) is 0 Å². The van der Waals surface area contributed by atoms with Gasteiger partial charge in [-0.25, -0.2) is 9.18 Å². The Morgan fingerprint density at radius 1 is 0.976 bits per heavy atom. The Kier molecular flexibility index (Phi) is 12.5. The lowest BCUT2D eigenvalue weighted by Gasteiger charge is -2.27. The van der Waals surface area contributed by atoms with Crippen molar-refractivity contribution in [3.63, 3.8) is 0 Å². The molecule has 2 aromatic carbocycles. The van der Waals surface area contributed by atoms with E-state index >= 15 is 0 Å². The highest BCUT2D eigenvalue weighted by Gasteiger charge is 2.31. The van der Waals surface area contributed by atoms with Crippen molar-refractivity contribution in [2.45, 2.75) is 70.7 Å². The first-order chi connectivity index (χ1) is 20.1. The third-order valence-electron chi connectivity index (χ3n) is 6.94. The Labute approximate surface area is 245 Å². The molecule has 0 bridgehead atoms. The van der Waals surface area contributed by atoms with Crippen molar-refractivity contribution in [1.29, 1.82) is 0 Å². The Morgan fingerprint density at radius 2 is 1.67 bits per heavy atom. The predicted octanol–water partition coefficient (Wildman–Crippen LogP) is 2.79. The molecule has 0 aromatic heterocycles. The third kappa shape index (κ3) is 10.6.